The van der Waals surface area contributed by atoms with E-state index < -0.39 is 0 Å². The maximum Gasteiger partial charge on any atom is 0.282 e. The van der Waals surface area contributed by atoms with Gasteiger partial charge in [0.1, 0.15) is 22.3 Å². The van der Waals surface area contributed by atoms with Gasteiger partial charge >= 0.3 is 0 Å². The average molecular weight is 458 g/mol. The fourth-order valence-corrected chi connectivity index (χ4v) is 4.24. The number of tetrazole rings is 1. The van der Waals surface area contributed by atoms with Crippen LogP contribution < -0.4 is 10.1 Å². The van der Waals surface area contributed by atoms with E-state index in [1.165, 1.54) is 35.2 Å². The Labute approximate surface area is 184 Å². The highest BCUT2D eigenvalue weighted by Gasteiger charge is 2.16. The second kappa shape index (κ2) is 9.62. The van der Waals surface area contributed by atoms with Gasteiger partial charge < -0.3 is 10.1 Å². The number of amides is 1. The molecule has 2 heterocycles. The highest BCUT2D eigenvalue weighted by molar-refractivity contribution is 7.98. The number of ether oxygens (including phenoxy) is 1. The molecule has 4 aromatic rings. The number of nitrogens with one attached hydrogen (secondary N) is 1. The van der Waals surface area contributed by atoms with Gasteiger partial charge in [-0.25, -0.2) is 4.39 Å². The summed E-state index contributed by atoms with van der Waals surface area (Å²) in [6.45, 7) is 0.274. The van der Waals surface area contributed by atoms with E-state index in [4.69, 9.17) is 4.74 Å². The van der Waals surface area contributed by atoms with Crippen LogP contribution in [0.25, 0.3) is 5.69 Å². The zero-order valence-electron chi connectivity index (χ0n) is 16.2. The molecule has 0 radical (unpaired) electrons. The molecule has 0 bridgehead atoms. The number of hydrogen-bond donors (Lipinski definition) is 1. The largest absolute Gasteiger partial charge is 0.494 e. The zero-order valence-corrected chi connectivity index (χ0v) is 17.9. The molecule has 0 saturated carbocycles. The third-order valence-electron chi connectivity index (χ3n) is 4.11. The van der Waals surface area contributed by atoms with Crippen LogP contribution in [0.5, 0.6) is 5.75 Å². The van der Waals surface area contributed by atoms with Crippen LogP contribution in [0.2, 0.25) is 0 Å². The van der Waals surface area contributed by atoms with E-state index in [1.54, 1.807) is 23.9 Å². The molecule has 0 saturated heterocycles. The van der Waals surface area contributed by atoms with Gasteiger partial charge in [-0.2, -0.15) is 4.68 Å². The summed E-state index contributed by atoms with van der Waals surface area (Å²) in [5.74, 6) is 0.431. The number of thioether (sulfide) groups is 1. The number of carbonyl (C=O) groups is 1. The maximum absolute atomic E-state index is 13.0. The molecule has 1 N–H and O–H groups in total. The molecule has 0 spiro atoms. The summed E-state index contributed by atoms with van der Waals surface area (Å²) in [7, 11) is 1.58. The summed E-state index contributed by atoms with van der Waals surface area (Å²) >= 11 is 2.56. The number of methoxy groups -OCH3 is 1. The Morgan fingerprint density at radius 1 is 1.16 bits per heavy atom. The molecule has 2 aromatic carbocycles. The first-order chi connectivity index (χ1) is 15.1. The molecular formula is C19H16FN7O2S2. The number of halogens is 1. The molecule has 0 unspecified atom stereocenters. The molecule has 4 rings (SSSR count). The highest BCUT2D eigenvalue weighted by Crippen LogP contribution is 2.28. The molecular weight excluding hydrogens is 441 g/mol. The standard InChI is InChI=1S/C19H16FN7O2S2/c1-29-15-5-3-2-4-14(15)27-19(24-25-26-27)30-11-16-22-23-18(31-16)17(28)21-10-12-6-8-13(20)9-7-12/h2-9H,10-11H2,1H3,(H,21,28). The molecule has 0 aliphatic heterocycles. The Morgan fingerprint density at radius 2 is 1.97 bits per heavy atom. The third-order valence-corrected chi connectivity index (χ3v) is 6.14. The number of aromatic nitrogens is 6. The first-order valence-corrected chi connectivity index (χ1v) is 10.8. The molecule has 1 amide bonds. The Hall–Kier alpha value is -3.38. The number of rotatable bonds is 8. The number of nitrogens with zero attached hydrogens (tertiary/aromatic N) is 6. The molecule has 2 aromatic heterocycles. The lowest BCUT2D eigenvalue weighted by molar-refractivity contribution is 0.0950. The normalized spacial score (nSPS) is 10.8. The van der Waals surface area contributed by atoms with Crippen LogP contribution >= 0.6 is 23.1 Å². The van der Waals surface area contributed by atoms with Crippen LogP contribution in [0.3, 0.4) is 0 Å². The number of hydrogen-bond acceptors (Lipinski definition) is 9. The molecule has 0 aliphatic carbocycles. The van der Waals surface area contributed by atoms with Crippen molar-refractivity contribution >= 4 is 29.0 Å². The van der Waals surface area contributed by atoms with Gasteiger partial charge in [0.2, 0.25) is 10.2 Å². The van der Waals surface area contributed by atoms with E-state index in [2.05, 4.69) is 31.0 Å². The lowest BCUT2D eigenvalue weighted by Crippen LogP contribution is -2.22. The van der Waals surface area contributed by atoms with Crippen molar-refractivity contribution in [1.82, 2.24) is 35.7 Å². The molecule has 31 heavy (non-hydrogen) atoms. The van der Waals surface area contributed by atoms with Crippen LogP contribution in [-0.2, 0) is 12.3 Å². The van der Waals surface area contributed by atoms with Crippen LogP contribution in [0.15, 0.2) is 53.7 Å². The van der Waals surface area contributed by atoms with Gasteiger partial charge in [-0.15, -0.1) is 15.3 Å². The Kier molecular flexibility index (Phi) is 6.48. The summed E-state index contributed by atoms with van der Waals surface area (Å²) in [6, 6.07) is 13.3. The predicted octanol–water partition coefficient (Wildman–Crippen LogP) is 2.88. The number of para-hydroxylation sites is 2. The van der Waals surface area contributed by atoms with Crippen LogP contribution in [0.1, 0.15) is 20.4 Å². The summed E-state index contributed by atoms with van der Waals surface area (Å²) in [5.41, 5.74) is 1.51. The van der Waals surface area contributed by atoms with Gasteiger partial charge in [-0.3, -0.25) is 4.79 Å². The first kappa shape index (κ1) is 20.9. The van der Waals surface area contributed by atoms with Crippen molar-refractivity contribution in [2.24, 2.45) is 0 Å². The van der Waals surface area contributed by atoms with Gasteiger partial charge in [-0.1, -0.05) is 47.4 Å². The summed E-state index contributed by atoms with van der Waals surface area (Å²) in [6.07, 6.45) is 0. The topological polar surface area (TPSA) is 108 Å². The molecule has 0 aliphatic rings. The van der Waals surface area contributed by atoms with E-state index >= 15 is 0 Å². The number of benzene rings is 2. The average Bonchev–Trinajstić information content (AvgIpc) is 3.46. The van der Waals surface area contributed by atoms with Gasteiger partial charge in [0, 0.05) is 6.54 Å². The number of carbonyl (C=O) groups excluding carboxylic acids is 1. The van der Waals surface area contributed by atoms with Crippen molar-refractivity contribution in [3.8, 4) is 11.4 Å². The maximum atomic E-state index is 13.0. The second-order valence-electron chi connectivity index (χ2n) is 6.14. The molecule has 9 nitrogen and oxygen atoms in total. The molecule has 158 valence electrons. The molecule has 0 atom stereocenters. The second-order valence-corrected chi connectivity index (χ2v) is 8.15. The lowest BCUT2D eigenvalue weighted by atomic mass is 10.2. The minimum absolute atomic E-state index is 0.252. The smallest absolute Gasteiger partial charge is 0.282 e. The quantitative estimate of drug-likeness (QED) is 0.403. The van der Waals surface area contributed by atoms with Crippen LogP contribution in [0, 0.1) is 5.82 Å². The zero-order chi connectivity index (χ0) is 21.6. The Balaban J connectivity index is 1.37. The van der Waals surface area contributed by atoms with Gasteiger partial charge in [0.15, 0.2) is 0 Å². The third kappa shape index (κ3) is 5.03. The van der Waals surface area contributed by atoms with Crippen molar-refractivity contribution < 1.29 is 13.9 Å². The molecule has 0 fully saturated rings. The predicted molar refractivity (Wildman–Crippen MR) is 113 cm³/mol. The monoisotopic (exact) mass is 457 g/mol. The fraction of sp³-hybridized carbons (Fsp3) is 0.158. The fourth-order valence-electron chi connectivity index (χ4n) is 2.62. The van der Waals surface area contributed by atoms with Crippen LogP contribution in [0.4, 0.5) is 4.39 Å². The van der Waals surface area contributed by atoms with Crippen molar-refractivity contribution in [3.63, 3.8) is 0 Å². The Morgan fingerprint density at radius 3 is 2.77 bits per heavy atom. The minimum Gasteiger partial charge on any atom is -0.494 e. The minimum atomic E-state index is -0.336. The van der Waals surface area contributed by atoms with E-state index in [0.29, 0.717) is 21.7 Å². The van der Waals surface area contributed by atoms with E-state index in [9.17, 15) is 9.18 Å². The molecule has 12 heteroatoms. The summed E-state index contributed by atoms with van der Waals surface area (Å²) in [4.78, 5) is 12.3. The Bertz CT molecular complexity index is 1180. The summed E-state index contributed by atoms with van der Waals surface area (Å²) < 4.78 is 19.9. The van der Waals surface area contributed by atoms with Crippen molar-refractivity contribution in [2.45, 2.75) is 17.5 Å². The van der Waals surface area contributed by atoms with E-state index in [-0.39, 0.29) is 23.3 Å². The van der Waals surface area contributed by atoms with Crippen molar-refractivity contribution in [3.05, 3.63) is 69.9 Å². The van der Waals surface area contributed by atoms with Crippen molar-refractivity contribution in [2.75, 3.05) is 7.11 Å². The summed E-state index contributed by atoms with van der Waals surface area (Å²) in [5, 5.41) is 24.1. The SMILES string of the molecule is COc1ccccc1-n1nnnc1SCc1nnc(C(=O)NCc2ccc(F)cc2)s1. The van der Waals surface area contributed by atoms with Crippen molar-refractivity contribution in [1.29, 1.82) is 0 Å². The van der Waals surface area contributed by atoms with Crippen LogP contribution in [-0.4, -0.2) is 43.4 Å². The van der Waals surface area contributed by atoms with E-state index in [0.717, 1.165) is 11.3 Å². The first-order valence-electron chi connectivity index (χ1n) is 9.03. The van der Waals surface area contributed by atoms with Gasteiger partial charge in [-0.05, 0) is 40.3 Å². The van der Waals surface area contributed by atoms with Gasteiger partial charge in [0.25, 0.3) is 5.91 Å². The highest BCUT2D eigenvalue weighted by atomic mass is 32.2. The lowest BCUT2D eigenvalue weighted by Gasteiger charge is -2.08. The van der Waals surface area contributed by atoms with E-state index in [1.807, 2.05) is 24.3 Å². The van der Waals surface area contributed by atoms with Gasteiger partial charge in [0.05, 0.1) is 12.9 Å².